The summed E-state index contributed by atoms with van der Waals surface area (Å²) in [5.41, 5.74) is 2.03. The smallest absolute Gasteiger partial charge is 0.166 e. The Bertz CT molecular complexity index is 635. The minimum atomic E-state index is 0.410. The van der Waals surface area contributed by atoms with Crippen molar-refractivity contribution in [3.05, 3.63) is 58.6 Å². The van der Waals surface area contributed by atoms with E-state index in [1.165, 1.54) is 0 Å². The molecule has 0 atom stereocenters. The second-order valence-corrected chi connectivity index (χ2v) is 5.87. The topological polar surface area (TPSA) is 42.5 Å². The Morgan fingerprint density at radius 1 is 1.00 bits per heavy atom. The average molecular weight is 349 g/mol. The van der Waals surface area contributed by atoms with Gasteiger partial charge >= 0.3 is 0 Å². The second-order valence-electron chi connectivity index (χ2n) is 5.46. The van der Waals surface area contributed by atoms with Crippen molar-refractivity contribution in [3.63, 3.8) is 0 Å². The van der Waals surface area contributed by atoms with E-state index in [9.17, 15) is 0 Å². The van der Waals surface area contributed by atoms with Crippen LogP contribution in [0, 0.1) is 0 Å². The van der Waals surface area contributed by atoms with Crippen molar-refractivity contribution in [1.82, 2.24) is 10.6 Å². The highest BCUT2D eigenvalue weighted by molar-refractivity contribution is 6.31. The fraction of sp³-hybridized carbons (Fsp3) is 0.368. The molecule has 5 heteroatoms. The van der Waals surface area contributed by atoms with Gasteiger partial charge in [-0.2, -0.15) is 0 Å². The molecule has 0 heterocycles. The van der Waals surface area contributed by atoms with E-state index < -0.39 is 0 Å². The molecule has 2 aromatic carbocycles. The van der Waals surface area contributed by atoms with E-state index in [0.29, 0.717) is 11.6 Å². The number of methoxy groups -OCH3 is 1. The van der Waals surface area contributed by atoms with Gasteiger partial charge in [0.15, 0.2) is 11.5 Å². The fourth-order valence-corrected chi connectivity index (χ4v) is 2.59. The maximum absolute atomic E-state index is 6.21. The van der Waals surface area contributed by atoms with Gasteiger partial charge in [-0.05, 0) is 38.7 Å². The maximum atomic E-state index is 6.21. The van der Waals surface area contributed by atoms with E-state index in [0.717, 1.165) is 48.7 Å². The summed E-state index contributed by atoms with van der Waals surface area (Å²) < 4.78 is 11.5. The van der Waals surface area contributed by atoms with Gasteiger partial charge < -0.3 is 20.1 Å². The van der Waals surface area contributed by atoms with Gasteiger partial charge in [0.05, 0.1) is 7.11 Å². The Hall–Kier alpha value is -1.75. The van der Waals surface area contributed by atoms with E-state index in [1.54, 1.807) is 7.11 Å². The first-order valence-corrected chi connectivity index (χ1v) is 8.51. The van der Waals surface area contributed by atoms with Crippen LogP contribution in [0.3, 0.4) is 0 Å². The molecule has 0 aromatic heterocycles. The van der Waals surface area contributed by atoms with E-state index in [-0.39, 0.29) is 0 Å². The molecule has 24 heavy (non-hydrogen) atoms. The predicted octanol–water partition coefficient (Wildman–Crippen LogP) is 3.63. The molecule has 2 N–H and O–H groups in total. The molecule has 2 rings (SSSR count). The van der Waals surface area contributed by atoms with Crippen molar-refractivity contribution in [2.45, 2.75) is 19.6 Å². The zero-order chi connectivity index (χ0) is 17.2. The number of hydrogen-bond acceptors (Lipinski definition) is 4. The third kappa shape index (κ3) is 5.41. The number of nitrogens with one attached hydrogen (secondary N) is 2. The SMILES string of the molecule is CNCCCNCc1cccc(OC)c1OCc1ccccc1Cl. The van der Waals surface area contributed by atoms with Crippen LogP contribution >= 0.6 is 11.6 Å². The number of halogens is 1. The normalized spacial score (nSPS) is 10.6. The minimum Gasteiger partial charge on any atom is -0.493 e. The van der Waals surface area contributed by atoms with Crippen molar-refractivity contribution in [1.29, 1.82) is 0 Å². The van der Waals surface area contributed by atoms with Crippen molar-refractivity contribution < 1.29 is 9.47 Å². The zero-order valence-corrected chi connectivity index (χ0v) is 15.0. The van der Waals surface area contributed by atoms with Gasteiger partial charge in [0.2, 0.25) is 0 Å². The van der Waals surface area contributed by atoms with Crippen LogP contribution in [0.1, 0.15) is 17.5 Å². The number of rotatable bonds is 10. The van der Waals surface area contributed by atoms with Crippen LogP contribution in [0.15, 0.2) is 42.5 Å². The summed E-state index contributed by atoms with van der Waals surface area (Å²) in [6.07, 6.45) is 1.08. The summed E-state index contributed by atoms with van der Waals surface area (Å²) in [6, 6.07) is 13.6. The molecule has 0 aliphatic rings. The third-order valence-electron chi connectivity index (χ3n) is 3.71. The first-order valence-electron chi connectivity index (χ1n) is 8.13. The monoisotopic (exact) mass is 348 g/mol. The first kappa shape index (κ1) is 18.6. The minimum absolute atomic E-state index is 0.410. The highest BCUT2D eigenvalue weighted by Gasteiger charge is 2.11. The molecule has 0 fully saturated rings. The van der Waals surface area contributed by atoms with Crippen molar-refractivity contribution in [2.75, 3.05) is 27.2 Å². The summed E-state index contributed by atoms with van der Waals surface area (Å²) in [6.45, 7) is 3.09. The molecule has 0 aliphatic heterocycles. The Kier molecular flexibility index (Phi) is 7.89. The van der Waals surface area contributed by atoms with Crippen molar-refractivity contribution in [3.8, 4) is 11.5 Å². The first-order chi connectivity index (χ1) is 11.8. The number of ether oxygens (including phenoxy) is 2. The standard InChI is InChI=1S/C19H25ClN2O2/c1-21-11-6-12-22-13-15-8-5-10-18(23-2)19(15)24-14-16-7-3-4-9-17(16)20/h3-5,7-10,21-22H,6,11-14H2,1-2H3. The summed E-state index contributed by atoms with van der Waals surface area (Å²) in [5.74, 6) is 1.50. The highest BCUT2D eigenvalue weighted by atomic mass is 35.5. The van der Waals surface area contributed by atoms with Crippen LogP contribution in [0.5, 0.6) is 11.5 Å². The Morgan fingerprint density at radius 2 is 1.79 bits per heavy atom. The summed E-state index contributed by atoms with van der Waals surface area (Å²) in [5, 5.41) is 7.29. The van der Waals surface area contributed by atoms with Gasteiger partial charge in [-0.1, -0.05) is 41.9 Å². The lowest BCUT2D eigenvalue weighted by molar-refractivity contribution is 0.280. The van der Waals surface area contributed by atoms with Crippen LogP contribution < -0.4 is 20.1 Å². The zero-order valence-electron chi connectivity index (χ0n) is 14.3. The van der Waals surface area contributed by atoms with E-state index in [1.807, 2.05) is 43.4 Å². The maximum Gasteiger partial charge on any atom is 0.166 e. The molecule has 0 bridgehead atoms. The average Bonchev–Trinajstić information content (AvgIpc) is 2.61. The molecule has 130 valence electrons. The van der Waals surface area contributed by atoms with Crippen LogP contribution in [0.4, 0.5) is 0 Å². The number of benzene rings is 2. The molecular weight excluding hydrogens is 324 g/mol. The molecule has 0 saturated carbocycles. The number of hydrogen-bond donors (Lipinski definition) is 2. The lowest BCUT2D eigenvalue weighted by atomic mass is 10.1. The summed E-state index contributed by atoms with van der Waals surface area (Å²) in [4.78, 5) is 0. The molecule has 0 saturated heterocycles. The van der Waals surface area contributed by atoms with Crippen LogP contribution in [0.2, 0.25) is 5.02 Å². The number of para-hydroxylation sites is 1. The molecular formula is C19H25ClN2O2. The Balaban J connectivity index is 2.04. The highest BCUT2D eigenvalue weighted by Crippen LogP contribution is 2.32. The molecule has 0 radical (unpaired) electrons. The summed E-state index contributed by atoms with van der Waals surface area (Å²) >= 11 is 6.21. The fourth-order valence-electron chi connectivity index (χ4n) is 2.40. The van der Waals surface area contributed by atoms with Gasteiger partial charge in [0.25, 0.3) is 0 Å². The molecule has 0 aliphatic carbocycles. The lowest BCUT2D eigenvalue weighted by Gasteiger charge is -2.16. The van der Waals surface area contributed by atoms with Crippen LogP contribution in [-0.2, 0) is 13.2 Å². The van der Waals surface area contributed by atoms with Crippen molar-refractivity contribution in [2.24, 2.45) is 0 Å². The van der Waals surface area contributed by atoms with Crippen LogP contribution in [0.25, 0.3) is 0 Å². The molecule has 0 unspecified atom stereocenters. The molecule has 4 nitrogen and oxygen atoms in total. The predicted molar refractivity (Wildman–Crippen MR) is 99.0 cm³/mol. The molecule has 0 spiro atoms. The van der Waals surface area contributed by atoms with E-state index in [4.69, 9.17) is 21.1 Å². The van der Waals surface area contributed by atoms with Gasteiger partial charge in [0, 0.05) is 22.7 Å². The van der Waals surface area contributed by atoms with Gasteiger partial charge in [-0.3, -0.25) is 0 Å². The molecule has 2 aromatic rings. The molecule has 0 amide bonds. The van der Waals surface area contributed by atoms with Crippen molar-refractivity contribution >= 4 is 11.6 Å². The van der Waals surface area contributed by atoms with Crippen LogP contribution in [-0.4, -0.2) is 27.2 Å². The van der Waals surface area contributed by atoms with E-state index >= 15 is 0 Å². The summed E-state index contributed by atoms with van der Waals surface area (Å²) in [7, 11) is 3.62. The lowest BCUT2D eigenvalue weighted by Crippen LogP contribution is -2.19. The largest absolute Gasteiger partial charge is 0.493 e. The Labute approximate surface area is 149 Å². The van der Waals surface area contributed by atoms with E-state index in [2.05, 4.69) is 16.7 Å². The van der Waals surface area contributed by atoms with Gasteiger partial charge in [-0.15, -0.1) is 0 Å². The Morgan fingerprint density at radius 3 is 2.54 bits per heavy atom. The van der Waals surface area contributed by atoms with Gasteiger partial charge in [-0.25, -0.2) is 0 Å². The second kappa shape index (κ2) is 10.2. The van der Waals surface area contributed by atoms with Gasteiger partial charge in [0.1, 0.15) is 6.61 Å². The third-order valence-corrected chi connectivity index (χ3v) is 4.07. The quantitative estimate of drug-likeness (QED) is 0.643.